The van der Waals surface area contributed by atoms with Gasteiger partial charge in [-0.3, -0.25) is 11.3 Å². The summed E-state index contributed by atoms with van der Waals surface area (Å²) >= 11 is 9.15. The molecule has 0 amide bonds. The van der Waals surface area contributed by atoms with E-state index in [-0.39, 0.29) is 23.1 Å². The SMILES string of the molecule is CCC1OCCC1C(NN)c1ccc(Br)c(Cl)c1F. The van der Waals surface area contributed by atoms with E-state index >= 15 is 0 Å². The van der Waals surface area contributed by atoms with Crippen molar-refractivity contribution in [3.63, 3.8) is 0 Å². The first-order valence-corrected chi connectivity index (χ1v) is 7.48. The molecule has 0 saturated carbocycles. The second-order valence-corrected chi connectivity index (χ2v) is 5.91. The van der Waals surface area contributed by atoms with Crippen molar-refractivity contribution in [2.24, 2.45) is 11.8 Å². The summed E-state index contributed by atoms with van der Waals surface area (Å²) in [6, 6.07) is 3.15. The molecule has 0 aromatic heterocycles. The lowest BCUT2D eigenvalue weighted by atomic mass is 9.87. The lowest BCUT2D eigenvalue weighted by Gasteiger charge is -2.27. The van der Waals surface area contributed by atoms with Crippen LogP contribution in [-0.2, 0) is 4.74 Å². The highest BCUT2D eigenvalue weighted by Crippen LogP contribution is 2.38. The van der Waals surface area contributed by atoms with E-state index in [4.69, 9.17) is 22.2 Å². The number of hydrazine groups is 1. The van der Waals surface area contributed by atoms with Crippen molar-refractivity contribution in [3.8, 4) is 0 Å². The second kappa shape index (κ2) is 6.50. The number of nitrogens with two attached hydrogens (primary N) is 1. The van der Waals surface area contributed by atoms with Crippen LogP contribution in [0.4, 0.5) is 4.39 Å². The van der Waals surface area contributed by atoms with E-state index < -0.39 is 5.82 Å². The number of ether oxygens (including phenoxy) is 1. The zero-order chi connectivity index (χ0) is 14.0. The number of hydrogen-bond acceptors (Lipinski definition) is 3. The van der Waals surface area contributed by atoms with Crippen LogP contribution in [-0.4, -0.2) is 12.7 Å². The molecule has 1 aliphatic heterocycles. The Morgan fingerprint density at radius 1 is 1.63 bits per heavy atom. The molecular formula is C13H17BrClFN2O. The summed E-state index contributed by atoms with van der Waals surface area (Å²) in [6.45, 7) is 2.74. The highest BCUT2D eigenvalue weighted by atomic mass is 79.9. The van der Waals surface area contributed by atoms with Crippen molar-refractivity contribution < 1.29 is 9.13 Å². The average molecular weight is 352 g/mol. The van der Waals surface area contributed by atoms with Crippen LogP contribution in [0.5, 0.6) is 0 Å². The molecule has 0 bridgehead atoms. The molecule has 1 saturated heterocycles. The number of halogens is 3. The van der Waals surface area contributed by atoms with Gasteiger partial charge in [0.2, 0.25) is 0 Å². The Morgan fingerprint density at radius 3 is 3.00 bits per heavy atom. The first-order chi connectivity index (χ1) is 9.10. The van der Waals surface area contributed by atoms with Crippen molar-refractivity contribution in [1.29, 1.82) is 0 Å². The minimum Gasteiger partial charge on any atom is -0.378 e. The lowest BCUT2D eigenvalue weighted by Crippen LogP contribution is -2.37. The Labute approximate surface area is 125 Å². The van der Waals surface area contributed by atoms with Crippen molar-refractivity contribution >= 4 is 27.5 Å². The van der Waals surface area contributed by atoms with Gasteiger partial charge in [-0.2, -0.15) is 0 Å². The molecule has 0 spiro atoms. The van der Waals surface area contributed by atoms with Gasteiger partial charge >= 0.3 is 0 Å². The zero-order valence-corrected chi connectivity index (χ0v) is 13.0. The van der Waals surface area contributed by atoms with Crippen molar-refractivity contribution in [1.82, 2.24) is 5.43 Å². The van der Waals surface area contributed by atoms with Gasteiger partial charge in [0.1, 0.15) is 5.82 Å². The second-order valence-electron chi connectivity index (χ2n) is 4.68. The first kappa shape index (κ1) is 15.2. The summed E-state index contributed by atoms with van der Waals surface area (Å²) in [7, 11) is 0. The fourth-order valence-electron chi connectivity index (χ4n) is 2.69. The van der Waals surface area contributed by atoms with Gasteiger partial charge in [0.15, 0.2) is 0 Å². The van der Waals surface area contributed by atoms with E-state index in [0.29, 0.717) is 16.6 Å². The van der Waals surface area contributed by atoms with E-state index in [1.165, 1.54) is 0 Å². The van der Waals surface area contributed by atoms with Crippen molar-refractivity contribution in [2.45, 2.75) is 31.9 Å². The number of benzene rings is 1. The molecule has 3 atom stereocenters. The molecule has 0 radical (unpaired) electrons. The highest BCUT2D eigenvalue weighted by molar-refractivity contribution is 9.10. The van der Waals surface area contributed by atoms with E-state index in [1.807, 2.05) is 0 Å². The summed E-state index contributed by atoms with van der Waals surface area (Å²) in [6.07, 6.45) is 1.85. The monoisotopic (exact) mass is 350 g/mol. The van der Waals surface area contributed by atoms with Crippen LogP contribution in [0.1, 0.15) is 31.4 Å². The normalized spacial score (nSPS) is 24.7. The maximum absolute atomic E-state index is 14.3. The largest absolute Gasteiger partial charge is 0.378 e. The summed E-state index contributed by atoms with van der Waals surface area (Å²) < 4.78 is 20.5. The smallest absolute Gasteiger partial charge is 0.147 e. The maximum Gasteiger partial charge on any atom is 0.147 e. The van der Waals surface area contributed by atoms with Crippen LogP contribution in [0.3, 0.4) is 0 Å². The Morgan fingerprint density at radius 2 is 2.37 bits per heavy atom. The minimum absolute atomic E-state index is 0.0877. The van der Waals surface area contributed by atoms with Crippen LogP contribution in [0.25, 0.3) is 0 Å². The first-order valence-electron chi connectivity index (χ1n) is 6.31. The van der Waals surface area contributed by atoms with Gasteiger partial charge < -0.3 is 4.74 Å². The number of nitrogens with one attached hydrogen (secondary N) is 1. The highest BCUT2D eigenvalue weighted by Gasteiger charge is 2.35. The van der Waals surface area contributed by atoms with Crippen molar-refractivity contribution in [2.75, 3.05) is 6.61 Å². The molecule has 2 rings (SSSR count). The molecular weight excluding hydrogens is 335 g/mol. The average Bonchev–Trinajstić information content (AvgIpc) is 2.88. The van der Waals surface area contributed by atoms with Gasteiger partial charge in [-0.25, -0.2) is 4.39 Å². The quantitative estimate of drug-likeness (QED) is 0.495. The van der Waals surface area contributed by atoms with Gasteiger partial charge in [0.25, 0.3) is 0 Å². The van der Waals surface area contributed by atoms with Gasteiger partial charge in [0.05, 0.1) is 17.2 Å². The third kappa shape index (κ3) is 2.95. The van der Waals surface area contributed by atoms with E-state index in [1.54, 1.807) is 12.1 Å². The molecule has 3 nitrogen and oxygen atoms in total. The number of hydrogen-bond donors (Lipinski definition) is 2. The van der Waals surface area contributed by atoms with Crippen molar-refractivity contribution in [3.05, 3.63) is 33.0 Å². The number of rotatable bonds is 4. The Hall–Kier alpha value is -0.200. The molecule has 0 aliphatic carbocycles. The van der Waals surface area contributed by atoms with Crippen LogP contribution in [0, 0.1) is 11.7 Å². The topological polar surface area (TPSA) is 47.3 Å². The molecule has 106 valence electrons. The molecule has 3 N–H and O–H groups in total. The van der Waals surface area contributed by atoms with Crippen LogP contribution in [0.2, 0.25) is 5.02 Å². The third-order valence-corrected chi connectivity index (χ3v) is 4.93. The lowest BCUT2D eigenvalue weighted by molar-refractivity contribution is 0.0770. The molecule has 19 heavy (non-hydrogen) atoms. The van der Waals surface area contributed by atoms with E-state index in [0.717, 1.165) is 12.8 Å². The standard InChI is InChI=1S/C13H17BrClFN2O/c1-2-10-7(5-6-19-10)13(18-17)8-3-4-9(14)11(15)12(8)16/h3-4,7,10,13,18H,2,5-6,17H2,1H3. The third-order valence-electron chi connectivity index (χ3n) is 3.67. The molecule has 1 heterocycles. The molecule has 1 aromatic rings. The summed E-state index contributed by atoms with van der Waals surface area (Å²) in [5.41, 5.74) is 3.21. The molecule has 3 unspecified atom stereocenters. The fourth-order valence-corrected chi connectivity index (χ4v) is 3.17. The van der Waals surface area contributed by atoms with Gasteiger partial charge in [0, 0.05) is 22.6 Å². The summed E-state index contributed by atoms with van der Waals surface area (Å²) in [5, 5.41) is 0.0877. The Balaban J connectivity index is 2.34. The summed E-state index contributed by atoms with van der Waals surface area (Å²) in [5.74, 6) is 5.36. The van der Waals surface area contributed by atoms with Gasteiger partial charge in [-0.1, -0.05) is 24.6 Å². The Kier molecular flexibility index (Phi) is 5.20. The van der Waals surface area contributed by atoms with Gasteiger partial charge in [-0.15, -0.1) is 0 Å². The molecule has 1 aromatic carbocycles. The zero-order valence-electron chi connectivity index (χ0n) is 10.6. The fraction of sp³-hybridized carbons (Fsp3) is 0.538. The van der Waals surface area contributed by atoms with Crippen LogP contribution in [0.15, 0.2) is 16.6 Å². The molecule has 1 aliphatic rings. The van der Waals surface area contributed by atoms with Gasteiger partial charge in [-0.05, 0) is 34.8 Å². The predicted molar refractivity (Wildman–Crippen MR) is 77.3 cm³/mol. The van der Waals surface area contributed by atoms with E-state index in [2.05, 4.69) is 28.3 Å². The minimum atomic E-state index is -0.430. The maximum atomic E-state index is 14.3. The molecule has 6 heteroatoms. The predicted octanol–water partition coefficient (Wildman–Crippen LogP) is 3.56. The summed E-state index contributed by atoms with van der Waals surface area (Å²) in [4.78, 5) is 0. The Bertz CT molecular complexity index is 461. The molecule has 1 fully saturated rings. The van der Waals surface area contributed by atoms with E-state index in [9.17, 15) is 4.39 Å². The van der Waals surface area contributed by atoms with Crippen LogP contribution < -0.4 is 11.3 Å². The van der Waals surface area contributed by atoms with Crippen LogP contribution >= 0.6 is 27.5 Å².